The van der Waals surface area contributed by atoms with E-state index >= 15 is 0 Å². The molecule has 3 saturated heterocycles. The average molecular weight is 1240 g/mol. The van der Waals surface area contributed by atoms with Crippen molar-refractivity contribution in [2.24, 2.45) is 17.6 Å². The summed E-state index contributed by atoms with van der Waals surface area (Å²) in [6, 6.07) is 8.77. The number of primary amides is 1. The monoisotopic (exact) mass is 1240 g/mol. The van der Waals surface area contributed by atoms with Crippen LogP contribution in [0.1, 0.15) is 133 Å². The van der Waals surface area contributed by atoms with Gasteiger partial charge in [0.05, 0.1) is 42.0 Å². The molecule has 0 bridgehead atoms. The van der Waals surface area contributed by atoms with Gasteiger partial charge in [-0.15, -0.1) is 0 Å². The van der Waals surface area contributed by atoms with E-state index in [4.69, 9.17) is 34.2 Å². The molecule has 9 N–H and O–H groups in total. The summed E-state index contributed by atoms with van der Waals surface area (Å²) >= 11 is 0. The Morgan fingerprint density at radius 1 is 0.876 bits per heavy atom. The molecule has 3 fully saturated rings. The molecule has 9 rings (SSSR count). The van der Waals surface area contributed by atoms with Gasteiger partial charge in [-0.05, 0) is 62.3 Å². The van der Waals surface area contributed by atoms with Gasteiger partial charge in [0.1, 0.15) is 42.2 Å². The number of piperazine rings is 1. The third-order valence-corrected chi connectivity index (χ3v) is 17.3. The Hall–Kier alpha value is -8.18. The normalized spacial score (nSPS) is 24.2. The molecule has 6 aliphatic rings. The minimum atomic E-state index is -2.35. The number of nitrogens with zero attached hydrogens (tertiary/aromatic N) is 3. The SMILES string of the molecule is COc1cccc2c1C(=O)c1c(O)c3c(c(O)c1C2=O)C[C@@](O)(C(=O)CO)C[C@@H]3O[C@H]1C[C@H]2[C@H](O[C@@H]3[C@@H](OC)N(C(=O)OCc4ccc(NC(=O)[C@@H](CCCNC(N)=O)CC(=O)[C@H](NC(=O)CCCCCN5C(=O)C=CC5=O)C(C)C)cc4)CCN32)[C@H](C)O1. The molecule has 4 aliphatic heterocycles. The molecule has 27 heteroatoms. The van der Waals surface area contributed by atoms with Gasteiger partial charge in [0.2, 0.25) is 17.6 Å². The minimum absolute atomic E-state index is 0.0557. The smallest absolute Gasteiger partial charge is 0.412 e. The number of nitrogens with two attached hydrogens (primary N) is 1. The number of Topliss-reactive ketones (excluding diaryl/α,β-unsaturated/α-hetero) is 2. The summed E-state index contributed by atoms with van der Waals surface area (Å²) in [5, 5.41) is 53.8. The van der Waals surface area contributed by atoms with Crippen LogP contribution >= 0.6 is 0 Å². The van der Waals surface area contributed by atoms with Crippen molar-refractivity contribution in [3.8, 4) is 17.2 Å². The maximum Gasteiger partial charge on any atom is 0.412 e. The summed E-state index contributed by atoms with van der Waals surface area (Å²) < 4.78 is 36.5. The van der Waals surface area contributed by atoms with E-state index in [-0.39, 0.29) is 116 Å². The van der Waals surface area contributed by atoms with Crippen LogP contribution in [0.15, 0.2) is 54.6 Å². The standard InChI is InChI=1S/C62H75N7O20/c1-31(2)51(66-43(73)14-7-6-8-22-68-44(74)19-20-45(68)75)39(71)25-34(11-10-21-64-60(63)81)57(80)65-35-17-15-33(16-18-35)30-86-61(82)69-24-23-67-38-26-46(87-32(3)56(38)89-59(67)58(69)85-5)88-41-28-62(83,42(72)29-70)27-37-48(41)55(79)50-49(53(37)77)52(76)36-12-9-13-40(84-4)47(36)54(50)78/h9,12-13,15-20,31-32,34,38,41,46,51,56,58-59,70,77,79,83H,6-8,10-11,14,21-30H2,1-5H3,(H,65,80)(H,66,73)(H3,63,64,81)/t32-,34-,38-,41-,46-,51+,56+,58+,59+,62-/m0/s1. The molecule has 3 aromatic rings. The number of amides is 7. The number of aromatic hydroxyl groups is 2. The topological polar surface area (TPSA) is 379 Å². The fourth-order valence-electron chi connectivity index (χ4n) is 12.8. The number of phenolic OH excluding ortho intramolecular Hbond substituents is 2. The van der Waals surface area contributed by atoms with Crippen LogP contribution in [0.25, 0.3) is 0 Å². The number of benzene rings is 3. The molecule has 0 aromatic heterocycles. The van der Waals surface area contributed by atoms with Crippen LogP contribution in [0.4, 0.5) is 15.3 Å². The molecular weight excluding hydrogens is 1160 g/mol. The van der Waals surface area contributed by atoms with Crippen molar-refractivity contribution in [2.75, 3.05) is 52.3 Å². The van der Waals surface area contributed by atoms with Gasteiger partial charge in [0.15, 0.2) is 36.1 Å². The fourth-order valence-corrected chi connectivity index (χ4v) is 12.8. The Labute approximate surface area is 512 Å². The number of unbranched alkanes of at least 4 members (excludes halogenated alkanes) is 2. The van der Waals surface area contributed by atoms with E-state index in [9.17, 15) is 68.4 Å². The van der Waals surface area contributed by atoms with Crippen molar-refractivity contribution in [1.82, 2.24) is 25.3 Å². The van der Waals surface area contributed by atoms with Gasteiger partial charge in [0, 0.05) is 112 Å². The molecule has 478 valence electrons. The van der Waals surface area contributed by atoms with Gasteiger partial charge in [0.25, 0.3) is 11.8 Å². The number of methoxy groups -OCH3 is 2. The number of fused-ring (bicyclic) bond motifs is 6. The molecule has 3 aromatic carbocycles. The first-order valence-electron chi connectivity index (χ1n) is 29.7. The lowest BCUT2D eigenvalue weighted by Crippen LogP contribution is -2.62. The lowest BCUT2D eigenvalue weighted by molar-refractivity contribution is -0.248. The van der Waals surface area contributed by atoms with E-state index in [2.05, 4.69) is 16.0 Å². The molecule has 0 radical (unpaired) electrons. The zero-order valence-corrected chi connectivity index (χ0v) is 50.0. The highest BCUT2D eigenvalue weighted by atomic mass is 16.7. The molecule has 0 unspecified atom stereocenters. The number of carbonyl (C=O) groups is 10. The molecule has 7 amide bonds. The van der Waals surface area contributed by atoms with Crippen LogP contribution in [0.2, 0.25) is 0 Å². The summed E-state index contributed by atoms with van der Waals surface area (Å²) in [6.07, 6.45) is -3.12. The van der Waals surface area contributed by atoms with Crippen molar-refractivity contribution in [1.29, 1.82) is 0 Å². The quantitative estimate of drug-likeness (QED) is 0.0269. The number of imide groups is 1. The second kappa shape index (κ2) is 27.7. The van der Waals surface area contributed by atoms with Gasteiger partial charge in [-0.2, -0.15) is 0 Å². The predicted octanol–water partition coefficient (Wildman–Crippen LogP) is 2.92. The molecule has 4 heterocycles. The number of urea groups is 1. The first-order valence-corrected chi connectivity index (χ1v) is 29.7. The lowest BCUT2D eigenvalue weighted by atomic mass is 9.72. The molecule has 27 nitrogen and oxygen atoms in total. The molecule has 2 aliphatic carbocycles. The van der Waals surface area contributed by atoms with Crippen molar-refractivity contribution in [3.63, 3.8) is 0 Å². The van der Waals surface area contributed by atoms with E-state index in [0.29, 0.717) is 36.9 Å². The van der Waals surface area contributed by atoms with E-state index in [0.717, 1.165) is 4.90 Å². The Morgan fingerprint density at radius 3 is 2.27 bits per heavy atom. The van der Waals surface area contributed by atoms with E-state index < -0.39 is 138 Å². The number of ketones is 4. The zero-order valence-electron chi connectivity index (χ0n) is 50.0. The van der Waals surface area contributed by atoms with Gasteiger partial charge < -0.3 is 70.5 Å². The fraction of sp³-hybridized carbons (Fsp3) is 0.516. The van der Waals surface area contributed by atoms with Crippen LogP contribution in [-0.4, -0.2) is 190 Å². The Morgan fingerprint density at radius 2 is 1.60 bits per heavy atom. The van der Waals surface area contributed by atoms with Gasteiger partial charge in [-0.1, -0.05) is 44.5 Å². The number of anilines is 1. The number of carbonyl (C=O) groups excluding carboxylic acids is 10. The van der Waals surface area contributed by atoms with Gasteiger partial charge in [-0.3, -0.25) is 53.1 Å². The minimum Gasteiger partial charge on any atom is -0.507 e. The third-order valence-electron chi connectivity index (χ3n) is 17.3. The van der Waals surface area contributed by atoms with Crippen molar-refractivity contribution >= 4 is 64.6 Å². The number of hydrogen-bond acceptors (Lipinski definition) is 21. The van der Waals surface area contributed by atoms with E-state index in [1.165, 1.54) is 49.5 Å². The van der Waals surface area contributed by atoms with Crippen LogP contribution in [0.3, 0.4) is 0 Å². The van der Waals surface area contributed by atoms with Crippen LogP contribution in [0, 0.1) is 11.8 Å². The van der Waals surface area contributed by atoms with Gasteiger partial charge in [-0.25, -0.2) is 9.59 Å². The summed E-state index contributed by atoms with van der Waals surface area (Å²) in [7, 11) is 2.73. The number of nitrogens with one attached hydrogen (secondary N) is 3. The van der Waals surface area contributed by atoms with Crippen molar-refractivity contribution in [3.05, 3.63) is 93.6 Å². The molecule has 0 saturated carbocycles. The second-order valence-electron chi connectivity index (χ2n) is 23.4. The number of aliphatic hydroxyl groups excluding tert-OH is 1. The van der Waals surface area contributed by atoms with Crippen LogP contribution in [-0.2, 0) is 65.5 Å². The second-order valence-corrected chi connectivity index (χ2v) is 23.4. The lowest BCUT2D eigenvalue weighted by Gasteiger charge is -2.45. The Bertz CT molecular complexity index is 3300. The molecule has 89 heavy (non-hydrogen) atoms. The van der Waals surface area contributed by atoms with Gasteiger partial charge >= 0.3 is 12.1 Å². The highest BCUT2D eigenvalue weighted by Gasteiger charge is 2.57. The van der Waals surface area contributed by atoms with Crippen LogP contribution in [0.5, 0.6) is 17.2 Å². The Kier molecular flexibility index (Phi) is 20.3. The van der Waals surface area contributed by atoms with Crippen molar-refractivity contribution in [2.45, 2.75) is 146 Å². The molecular formula is C62H75N7O20. The highest BCUT2D eigenvalue weighted by molar-refractivity contribution is 6.31. The largest absolute Gasteiger partial charge is 0.507 e. The average Bonchev–Trinajstić information content (AvgIpc) is 1.29. The first kappa shape index (κ1) is 65.3. The maximum atomic E-state index is 14.2. The number of ether oxygens (including phenoxy) is 6. The Balaban J connectivity index is 0.805. The van der Waals surface area contributed by atoms with Crippen LogP contribution < -0.4 is 26.4 Å². The number of rotatable bonds is 25. The summed E-state index contributed by atoms with van der Waals surface area (Å²) in [5.41, 5.74) is 2.18. The van der Waals surface area contributed by atoms with E-state index in [1.807, 2.05) is 4.90 Å². The highest BCUT2D eigenvalue weighted by Crippen LogP contribution is 2.53. The number of aliphatic hydroxyl groups is 2. The zero-order chi connectivity index (χ0) is 64.2. The number of phenols is 2. The summed E-state index contributed by atoms with van der Waals surface area (Å²) in [6.45, 7) is 4.81. The van der Waals surface area contributed by atoms with E-state index in [1.54, 1.807) is 45.0 Å². The summed E-state index contributed by atoms with van der Waals surface area (Å²) in [4.78, 5) is 136. The third kappa shape index (κ3) is 13.7. The first-order chi connectivity index (χ1) is 42.5. The summed E-state index contributed by atoms with van der Waals surface area (Å²) in [5.74, 6) is -7.16. The van der Waals surface area contributed by atoms with Crippen molar-refractivity contribution < 1.29 is 96.8 Å². The predicted molar refractivity (Wildman–Crippen MR) is 311 cm³/mol. The maximum absolute atomic E-state index is 14.2. The molecule has 10 atom stereocenters. The molecule has 0 spiro atoms. The number of hydrogen-bond donors (Lipinski definition) is 8.